The van der Waals surface area contributed by atoms with E-state index in [0.717, 1.165) is 16.7 Å². The molecule has 0 aliphatic carbocycles. The molecule has 0 saturated carbocycles. The first-order valence-corrected chi connectivity index (χ1v) is 12.0. The largest absolute Gasteiger partial charge is 0.507 e. The van der Waals surface area contributed by atoms with Crippen molar-refractivity contribution in [3.05, 3.63) is 77.6 Å². The summed E-state index contributed by atoms with van der Waals surface area (Å²) in [5.41, 5.74) is 3.94. The van der Waals surface area contributed by atoms with Crippen LogP contribution >= 0.6 is 0 Å². The number of aryl methyl sites for hydroxylation is 1. The Bertz CT molecular complexity index is 1190. The van der Waals surface area contributed by atoms with Gasteiger partial charge in [-0.3, -0.25) is 9.59 Å². The van der Waals surface area contributed by atoms with Crippen molar-refractivity contribution in [3.63, 3.8) is 0 Å². The van der Waals surface area contributed by atoms with Crippen molar-refractivity contribution < 1.29 is 38.4 Å². The Morgan fingerprint density at radius 3 is 2.49 bits per heavy atom. The number of phenolic OH excluding ortho intramolecular Hbond substituents is 1. The van der Waals surface area contributed by atoms with E-state index in [9.17, 15) is 19.5 Å². The van der Waals surface area contributed by atoms with Crippen molar-refractivity contribution in [1.29, 1.82) is 0 Å². The molecule has 0 amide bonds. The van der Waals surface area contributed by atoms with Crippen LogP contribution in [0.1, 0.15) is 58.8 Å². The summed E-state index contributed by atoms with van der Waals surface area (Å²) >= 11 is 0. The third-order valence-corrected chi connectivity index (χ3v) is 6.10. The van der Waals surface area contributed by atoms with E-state index in [1.54, 1.807) is 24.3 Å². The van der Waals surface area contributed by atoms with Crippen LogP contribution in [0.4, 0.5) is 0 Å². The molecule has 0 spiro atoms. The summed E-state index contributed by atoms with van der Waals surface area (Å²) in [6, 6.07) is 6.95. The van der Waals surface area contributed by atoms with Crippen molar-refractivity contribution in [2.24, 2.45) is 0 Å². The third-order valence-electron chi connectivity index (χ3n) is 6.10. The molecule has 1 aliphatic rings. The zero-order chi connectivity index (χ0) is 27.1. The number of rotatable bonds is 11. The molecule has 196 valence electrons. The van der Waals surface area contributed by atoms with E-state index in [-0.39, 0.29) is 42.7 Å². The zero-order valence-corrected chi connectivity index (χ0v) is 21.4. The Labute approximate surface area is 217 Å². The van der Waals surface area contributed by atoms with E-state index in [1.165, 1.54) is 7.11 Å². The molecular formula is C29H32O8. The number of hydrogen-bond acceptors (Lipinski definition) is 8. The van der Waals surface area contributed by atoms with Crippen LogP contribution in [0.25, 0.3) is 0 Å². The highest BCUT2D eigenvalue weighted by Gasteiger charge is 2.31. The van der Waals surface area contributed by atoms with Crippen LogP contribution in [0.2, 0.25) is 0 Å². The molecule has 0 fully saturated rings. The van der Waals surface area contributed by atoms with Gasteiger partial charge in [-0.25, -0.2) is 4.79 Å². The highest BCUT2D eigenvalue weighted by atomic mass is 16.5. The third kappa shape index (κ3) is 7.12. The molecule has 8 heteroatoms. The number of benzene rings is 2. The second-order valence-electron chi connectivity index (χ2n) is 8.90. The Hall–Kier alpha value is -3.81. The Balaban J connectivity index is 1.53. The summed E-state index contributed by atoms with van der Waals surface area (Å²) in [5.74, 6) is -0.470. The molecular weight excluding hydrogens is 476 g/mol. The van der Waals surface area contributed by atoms with Crippen LogP contribution in [0.5, 0.6) is 17.2 Å². The Morgan fingerprint density at radius 2 is 1.84 bits per heavy atom. The second-order valence-corrected chi connectivity index (χ2v) is 8.90. The van der Waals surface area contributed by atoms with E-state index in [1.807, 2.05) is 19.9 Å². The van der Waals surface area contributed by atoms with Gasteiger partial charge in [-0.2, -0.15) is 0 Å². The first kappa shape index (κ1) is 27.8. The molecule has 2 aromatic rings. The molecule has 37 heavy (non-hydrogen) atoms. The average Bonchev–Trinajstić information content (AvgIpc) is 3.25. The standard InChI is InChI=1S/C29H32O8/c1-17(2)36-24(30)15-10-20-8-11-21(12-9-20)37-25(31)14-7-18(3)6-13-22-27(32)26-23(16-35-29(26)33)19(4)28(22)34-5/h6,8-9,11-12,17,32H,1-2,7,10,13-16H2,3-5H3/b18-6+. The quantitative estimate of drug-likeness (QED) is 0.263. The number of ether oxygens (including phenoxy) is 4. The van der Waals surface area contributed by atoms with E-state index in [4.69, 9.17) is 18.9 Å². The number of hydrogen-bond donors (Lipinski definition) is 1. The summed E-state index contributed by atoms with van der Waals surface area (Å²) in [6.07, 6.45) is 2.94. The molecule has 0 unspecified atom stereocenters. The van der Waals surface area contributed by atoms with E-state index in [2.05, 4.69) is 13.8 Å². The minimum atomic E-state index is -0.633. The van der Waals surface area contributed by atoms with Gasteiger partial charge in [0.25, 0.3) is 0 Å². The van der Waals surface area contributed by atoms with Crippen LogP contribution in [0.3, 0.4) is 0 Å². The fourth-order valence-electron chi connectivity index (χ4n) is 4.10. The maximum Gasteiger partial charge on any atom is 0.342 e. The van der Waals surface area contributed by atoms with Crippen molar-refractivity contribution in [3.8, 4) is 17.2 Å². The molecule has 1 aliphatic heterocycles. The molecule has 0 atom stereocenters. The first-order chi connectivity index (χ1) is 17.6. The van der Waals surface area contributed by atoms with Gasteiger partial charge in [0.2, 0.25) is 0 Å². The minimum Gasteiger partial charge on any atom is -0.507 e. The van der Waals surface area contributed by atoms with E-state index < -0.39 is 12.1 Å². The lowest BCUT2D eigenvalue weighted by Gasteiger charge is -2.15. The predicted octanol–water partition coefficient (Wildman–Crippen LogP) is 4.77. The normalized spacial score (nSPS) is 12.8. The predicted molar refractivity (Wildman–Crippen MR) is 136 cm³/mol. The highest BCUT2D eigenvalue weighted by molar-refractivity contribution is 5.98. The van der Waals surface area contributed by atoms with Crippen LogP contribution in [0.15, 0.2) is 35.9 Å². The number of allylic oxidation sites excluding steroid dienone is 2. The fourth-order valence-corrected chi connectivity index (χ4v) is 4.10. The number of methoxy groups -OCH3 is 1. The lowest BCUT2D eigenvalue weighted by atomic mass is 9.94. The van der Waals surface area contributed by atoms with Gasteiger partial charge in [0, 0.05) is 24.0 Å². The maximum atomic E-state index is 12.3. The van der Waals surface area contributed by atoms with Gasteiger partial charge in [-0.1, -0.05) is 23.8 Å². The van der Waals surface area contributed by atoms with Crippen molar-refractivity contribution >= 4 is 17.9 Å². The van der Waals surface area contributed by atoms with Crippen LogP contribution in [0, 0.1) is 20.8 Å². The molecule has 2 aromatic carbocycles. The topological polar surface area (TPSA) is 108 Å². The van der Waals surface area contributed by atoms with Gasteiger partial charge in [0.15, 0.2) is 0 Å². The molecule has 3 rings (SSSR count). The number of aromatic hydroxyl groups is 1. The molecule has 8 nitrogen and oxygen atoms in total. The van der Waals surface area contributed by atoms with Crippen molar-refractivity contribution in [2.75, 3.05) is 7.11 Å². The minimum absolute atomic E-state index is 0.118. The molecule has 0 bridgehead atoms. The monoisotopic (exact) mass is 508 g/mol. The number of carbonyl (C=O) groups is 3. The zero-order valence-electron chi connectivity index (χ0n) is 21.4. The van der Waals surface area contributed by atoms with Gasteiger partial charge in [-0.05, 0) is 70.2 Å². The van der Waals surface area contributed by atoms with Gasteiger partial charge >= 0.3 is 17.9 Å². The van der Waals surface area contributed by atoms with Gasteiger partial charge in [0.05, 0.1) is 7.11 Å². The van der Waals surface area contributed by atoms with Crippen LogP contribution in [-0.2, 0) is 38.5 Å². The number of phenols is 1. The van der Waals surface area contributed by atoms with Gasteiger partial charge < -0.3 is 24.1 Å². The number of fused-ring (bicyclic) bond motifs is 1. The Kier molecular flexibility index (Phi) is 9.33. The van der Waals surface area contributed by atoms with E-state index >= 15 is 0 Å². The van der Waals surface area contributed by atoms with E-state index in [0.29, 0.717) is 41.9 Å². The summed E-state index contributed by atoms with van der Waals surface area (Å²) in [7, 11) is 1.52. The fraction of sp³-hybridized carbons (Fsp3) is 0.345. The van der Waals surface area contributed by atoms with Gasteiger partial charge in [-0.15, -0.1) is 0 Å². The first-order valence-electron chi connectivity index (χ1n) is 12.0. The molecule has 2 radical (unpaired) electrons. The lowest BCUT2D eigenvalue weighted by molar-refractivity contribution is -0.145. The van der Waals surface area contributed by atoms with Crippen LogP contribution < -0.4 is 9.47 Å². The Morgan fingerprint density at radius 1 is 1.14 bits per heavy atom. The summed E-state index contributed by atoms with van der Waals surface area (Å²) in [6.45, 7) is 10.9. The van der Waals surface area contributed by atoms with Crippen molar-refractivity contribution in [1.82, 2.24) is 0 Å². The average molecular weight is 509 g/mol. The molecule has 0 saturated heterocycles. The summed E-state index contributed by atoms with van der Waals surface area (Å²) in [4.78, 5) is 36.0. The molecule has 1 heterocycles. The number of cyclic esters (lactones) is 1. The lowest BCUT2D eigenvalue weighted by Crippen LogP contribution is -2.12. The molecule has 0 aromatic heterocycles. The second kappa shape index (κ2) is 12.4. The van der Waals surface area contributed by atoms with Crippen LogP contribution in [-0.4, -0.2) is 36.2 Å². The van der Waals surface area contributed by atoms with Crippen molar-refractivity contribution in [2.45, 2.75) is 58.7 Å². The number of esters is 3. The maximum absolute atomic E-state index is 12.3. The summed E-state index contributed by atoms with van der Waals surface area (Å²) in [5, 5.41) is 10.7. The van der Waals surface area contributed by atoms with Gasteiger partial charge in [0.1, 0.15) is 35.5 Å². The SMILES string of the molecule is [CH2]C([CH2])OC(=O)CCc1ccc(OC(=O)CC/C(C)=C/Cc2c(O)c3c(c(C)c2OC)COC3=O)cc1. The molecule has 1 N–H and O–H groups in total. The number of carbonyl (C=O) groups excluding carboxylic acids is 3. The smallest absolute Gasteiger partial charge is 0.342 e. The summed E-state index contributed by atoms with van der Waals surface area (Å²) < 4.78 is 20.9. The highest BCUT2D eigenvalue weighted by Crippen LogP contribution is 2.42.